The number of benzene rings is 2. The Labute approximate surface area is 142 Å². The fourth-order valence-electron chi connectivity index (χ4n) is 2.68. The first-order chi connectivity index (χ1) is 10.0. The van der Waals surface area contributed by atoms with Crippen molar-refractivity contribution in [1.29, 1.82) is 0 Å². The van der Waals surface area contributed by atoms with Gasteiger partial charge in [-0.2, -0.15) is 0 Å². The van der Waals surface area contributed by atoms with Crippen molar-refractivity contribution >= 4 is 22.6 Å². The van der Waals surface area contributed by atoms with E-state index in [9.17, 15) is 0 Å². The van der Waals surface area contributed by atoms with E-state index in [0.717, 1.165) is 13.0 Å². The van der Waals surface area contributed by atoms with Crippen LogP contribution in [0.1, 0.15) is 47.2 Å². The second kappa shape index (κ2) is 7.41. The van der Waals surface area contributed by atoms with Gasteiger partial charge >= 0.3 is 0 Å². The van der Waals surface area contributed by atoms with E-state index in [1.54, 1.807) is 0 Å². The van der Waals surface area contributed by atoms with Gasteiger partial charge in [-0.3, -0.25) is 0 Å². The van der Waals surface area contributed by atoms with E-state index < -0.39 is 0 Å². The molecule has 1 nitrogen and oxygen atoms in total. The molecule has 0 saturated heterocycles. The summed E-state index contributed by atoms with van der Waals surface area (Å²) in [6.45, 7) is 9.85. The van der Waals surface area contributed by atoms with Crippen LogP contribution in [0.25, 0.3) is 0 Å². The molecule has 0 radical (unpaired) electrons. The monoisotopic (exact) mass is 393 g/mol. The van der Waals surface area contributed by atoms with Gasteiger partial charge in [0.05, 0.1) is 6.04 Å². The fraction of sp³-hybridized carbons (Fsp3) is 0.368. The summed E-state index contributed by atoms with van der Waals surface area (Å²) in [5.74, 6) is 0. The number of hydrogen-bond donors (Lipinski definition) is 1. The highest BCUT2D eigenvalue weighted by atomic mass is 127. The van der Waals surface area contributed by atoms with Crippen molar-refractivity contribution in [2.75, 3.05) is 6.54 Å². The SMILES string of the molecule is CCCNC(c1cccc(I)c1)c1cc(C)c(C)cc1C. The Morgan fingerprint density at radius 2 is 1.71 bits per heavy atom. The van der Waals surface area contributed by atoms with Gasteiger partial charge in [-0.05, 0) is 96.3 Å². The van der Waals surface area contributed by atoms with Crippen molar-refractivity contribution in [1.82, 2.24) is 5.32 Å². The minimum absolute atomic E-state index is 0.277. The third-order valence-corrected chi connectivity index (χ3v) is 4.64. The molecule has 0 bridgehead atoms. The van der Waals surface area contributed by atoms with E-state index in [-0.39, 0.29) is 6.04 Å². The molecule has 0 fully saturated rings. The van der Waals surface area contributed by atoms with Crippen molar-refractivity contribution in [3.63, 3.8) is 0 Å². The quantitative estimate of drug-likeness (QED) is 0.680. The first-order valence-corrected chi connectivity index (χ1v) is 8.67. The molecular formula is C19H24IN. The van der Waals surface area contributed by atoms with E-state index >= 15 is 0 Å². The van der Waals surface area contributed by atoms with Crippen LogP contribution in [0.5, 0.6) is 0 Å². The van der Waals surface area contributed by atoms with E-state index in [1.807, 2.05) is 0 Å². The van der Waals surface area contributed by atoms with Gasteiger partial charge in [0.1, 0.15) is 0 Å². The molecule has 0 heterocycles. The minimum Gasteiger partial charge on any atom is -0.306 e. The normalized spacial score (nSPS) is 12.4. The molecule has 0 aliphatic carbocycles. The van der Waals surface area contributed by atoms with Crippen LogP contribution >= 0.6 is 22.6 Å². The summed E-state index contributed by atoms with van der Waals surface area (Å²) in [6, 6.07) is 13.7. The maximum Gasteiger partial charge on any atom is 0.0579 e. The molecule has 21 heavy (non-hydrogen) atoms. The van der Waals surface area contributed by atoms with E-state index in [4.69, 9.17) is 0 Å². The lowest BCUT2D eigenvalue weighted by Gasteiger charge is -2.23. The van der Waals surface area contributed by atoms with Crippen molar-refractivity contribution < 1.29 is 0 Å². The summed E-state index contributed by atoms with van der Waals surface area (Å²) >= 11 is 2.39. The first-order valence-electron chi connectivity index (χ1n) is 7.59. The Balaban J connectivity index is 2.47. The second-order valence-corrected chi connectivity index (χ2v) is 6.98. The van der Waals surface area contributed by atoms with Crippen molar-refractivity contribution in [2.45, 2.75) is 40.2 Å². The lowest BCUT2D eigenvalue weighted by molar-refractivity contribution is 0.595. The van der Waals surface area contributed by atoms with Gasteiger partial charge in [0.2, 0.25) is 0 Å². The van der Waals surface area contributed by atoms with Crippen LogP contribution in [0, 0.1) is 24.3 Å². The topological polar surface area (TPSA) is 12.0 Å². The standard InChI is InChI=1S/C19H24IN/c1-5-9-21-19(16-7-6-8-17(20)12-16)18-11-14(3)13(2)10-15(18)4/h6-8,10-12,19,21H,5,9H2,1-4H3. The third-order valence-electron chi connectivity index (χ3n) is 3.97. The molecule has 112 valence electrons. The van der Waals surface area contributed by atoms with Crippen LogP contribution < -0.4 is 5.32 Å². The number of nitrogens with one attached hydrogen (secondary N) is 1. The van der Waals surface area contributed by atoms with Crippen LogP contribution in [0.15, 0.2) is 36.4 Å². The summed E-state index contributed by atoms with van der Waals surface area (Å²) in [5, 5.41) is 3.71. The highest BCUT2D eigenvalue weighted by molar-refractivity contribution is 14.1. The zero-order chi connectivity index (χ0) is 15.4. The lowest BCUT2D eigenvalue weighted by Crippen LogP contribution is -2.24. The molecule has 0 saturated carbocycles. The molecule has 0 amide bonds. The maximum atomic E-state index is 3.71. The summed E-state index contributed by atoms with van der Waals surface area (Å²) in [4.78, 5) is 0. The minimum atomic E-state index is 0.277. The first kappa shape index (κ1) is 16.5. The van der Waals surface area contributed by atoms with Crippen molar-refractivity contribution in [2.24, 2.45) is 0 Å². The average Bonchev–Trinajstić information content (AvgIpc) is 2.44. The molecule has 2 aromatic carbocycles. The van der Waals surface area contributed by atoms with Crippen LogP contribution in [0.4, 0.5) is 0 Å². The Morgan fingerprint density at radius 3 is 2.38 bits per heavy atom. The van der Waals surface area contributed by atoms with Crippen LogP contribution in [0.3, 0.4) is 0 Å². The predicted octanol–water partition coefficient (Wildman–Crippen LogP) is 5.31. The van der Waals surface area contributed by atoms with Gasteiger partial charge in [-0.25, -0.2) is 0 Å². The molecule has 0 aliphatic heterocycles. The van der Waals surface area contributed by atoms with E-state index in [2.05, 4.69) is 92.0 Å². The van der Waals surface area contributed by atoms with E-state index in [1.165, 1.54) is 31.4 Å². The fourth-order valence-corrected chi connectivity index (χ4v) is 3.24. The highest BCUT2D eigenvalue weighted by Crippen LogP contribution is 2.28. The third kappa shape index (κ3) is 4.07. The zero-order valence-electron chi connectivity index (χ0n) is 13.3. The Bertz CT molecular complexity index is 619. The zero-order valence-corrected chi connectivity index (χ0v) is 15.5. The molecule has 2 heteroatoms. The summed E-state index contributed by atoms with van der Waals surface area (Å²) in [7, 11) is 0. The van der Waals surface area contributed by atoms with Gasteiger partial charge in [-0.1, -0.05) is 31.2 Å². The number of rotatable bonds is 5. The largest absolute Gasteiger partial charge is 0.306 e. The van der Waals surface area contributed by atoms with Crippen molar-refractivity contribution in [3.05, 3.63) is 67.8 Å². The molecule has 1 unspecified atom stereocenters. The molecular weight excluding hydrogens is 369 g/mol. The highest BCUT2D eigenvalue weighted by Gasteiger charge is 2.16. The van der Waals surface area contributed by atoms with Gasteiger partial charge in [-0.15, -0.1) is 0 Å². The van der Waals surface area contributed by atoms with Crippen LogP contribution in [-0.2, 0) is 0 Å². The van der Waals surface area contributed by atoms with Gasteiger partial charge in [0.25, 0.3) is 0 Å². The average molecular weight is 393 g/mol. The summed E-state index contributed by atoms with van der Waals surface area (Å²) < 4.78 is 1.29. The van der Waals surface area contributed by atoms with E-state index in [0.29, 0.717) is 0 Å². The summed E-state index contributed by atoms with van der Waals surface area (Å²) in [5.41, 5.74) is 6.85. The Hall–Kier alpha value is -0.870. The second-order valence-electron chi connectivity index (χ2n) is 5.74. The predicted molar refractivity (Wildman–Crippen MR) is 99.9 cm³/mol. The lowest BCUT2D eigenvalue weighted by atomic mass is 9.91. The van der Waals surface area contributed by atoms with Gasteiger partial charge in [0.15, 0.2) is 0 Å². The Kier molecular flexibility index (Phi) is 5.82. The molecule has 0 aromatic heterocycles. The molecule has 2 aromatic rings. The van der Waals surface area contributed by atoms with Crippen LogP contribution in [0.2, 0.25) is 0 Å². The van der Waals surface area contributed by atoms with Crippen LogP contribution in [-0.4, -0.2) is 6.54 Å². The number of hydrogen-bond acceptors (Lipinski definition) is 1. The molecule has 1 atom stereocenters. The molecule has 0 aliphatic rings. The molecule has 0 spiro atoms. The van der Waals surface area contributed by atoms with Gasteiger partial charge < -0.3 is 5.32 Å². The van der Waals surface area contributed by atoms with Gasteiger partial charge in [0, 0.05) is 3.57 Å². The Morgan fingerprint density at radius 1 is 1.00 bits per heavy atom. The number of aryl methyl sites for hydroxylation is 3. The number of halogens is 1. The maximum absolute atomic E-state index is 3.71. The smallest absolute Gasteiger partial charge is 0.0579 e. The van der Waals surface area contributed by atoms with Crippen molar-refractivity contribution in [3.8, 4) is 0 Å². The molecule has 2 rings (SSSR count). The molecule has 1 N–H and O–H groups in total. The summed E-state index contributed by atoms with van der Waals surface area (Å²) in [6.07, 6.45) is 1.14.